The topological polar surface area (TPSA) is 63.9 Å². The molecule has 6 heteroatoms. The van der Waals surface area contributed by atoms with Crippen LogP contribution < -0.4 is 0 Å². The Labute approximate surface area is 134 Å². The maximum Gasteiger partial charge on any atom is 0.253 e. The second kappa shape index (κ2) is 6.39. The molecule has 0 aliphatic rings. The van der Waals surface area contributed by atoms with E-state index >= 15 is 0 Å². The highest BCUT2D eigenvalue weighted by Gasteiger charge is 2.13. The van der Waals surface area contributed by atoms with Gasteiger partial charge in [-0.1, -0.05) is 35.9 Å². The third-order valence-electron chi connectivity index (χ3n) is 3.59. The van der Waals surface area contributed by atoms with Gasteiger partial charge in [0.15, 0.2) is 0 Å². The predicted molar refractivity (Wildman–Crippen MR) is 86.1 cm³/mol. The summed E-state index contributed by atoms with van der Waals surface area (Å²) >= 11 is 0. The Balaban J connectivity index is 1.77. The summed E-state index contributed by atoms with van der Waals surface area (Å²) in [6.07, 6.45) is 1.50. The molecule has 2 aromatic carbocycles. The van der Waals surface area contributed by atoms with Gasteiger partial charge in [-0.15, -0.1) is 5.10 Å². The molecule has 0 N–H and O–H groups in total. The van der Waals surface area contributed by atoms with Gasteiger partial charge in [0.2, 0.25) is 0 Å². The van der Waals surface area contributed by atoms with E-state index in [0.29, 0.717) is 12.1 Å². The van der Waals surface area contributed by atoms with Crippen LogP contribution in [0.5, 0.6) is 0 Å². The first kappa shape index (κ1) is 14.9. The minimum Gasteiger partial charge on any atom is -0.337 e. The Kier molecular flexibility index (Phi) is 4.14. The molecule has 0 fully saturated rings. The molecule has 0 spiro atoms. The molecule has 0 radical (unpaired) electrons. The van der Waals surface area contributed by atoms with E-state index in [4.69, 9.17) is 0 Å². The Bertz CT molecular complexity index is 796. The summed E-state index contributed by atoms with van der Waals surface area (Å²) in [7, 11) is 1.80. The van der Waals surface area contributed by atoms with E-state index in [1.54, 1.807) is 24.1 Å². The Morgan fingerprint density at radius 1 is 1.17 bits per heavy atom. The van der Waals surface area contributed by atoms with Crippen molar-refractivity contribution in [1.29, 1.82) is 0 Å². The minimum atomic E-state index is -0.0412. The van der Waals surface area contributed by atoms with Crippen LogP contribution >= 0.6 is 0 Å². The average molecular weight is 307 g/mol. The highest BCUT2D eigenvalue weighted by molar-refractivity contribution is 5.94. The lowest BCUT2D eigenvalue weighted by atomic mass is 10.1. The molecule has 1 heterocycles. The van der Waals surface area contributed by atoms with Crippen LogP contribution in [0, 0.1) is 6.92 Å². The molecule has 0 unspecified atom stereocenters. The van der Waals surface area contributed by atoms with Crippen LogP contribution in [0.4, 0.5) is 0 Å². The van der Waals surface area contributed by atoms with E-state index in [2.05, 4.69) is 15.5 Å². The molecule has 116 valence electrons. The number of hydrogen-bond donors (Lipinski definition) is 0. The van der Waals surface area contributed by atoms with Crippen molar-refractivity contribution in [2.75, 3.05) is 7.05 Å². The summed E-state index contributed by atoms with van der Waals surface area (Å²) < 4.78 is 1.52. The SMILES string of the molecule is Cc1ccc(CN(C)C(=O)c2cccc(-n3cnnn3)c2)cc1. The van der Waals surface area contributed by atoms with E-state index in [-0.39, 0.29) is 5.91 Å². The summed E-state index contributed by atoms with van der Waals surface area (Å²) in [6, 6.07) is 15.4. The summed E-state index contributed by atoms with van der Waals surface area (Å²) in [5, 5.41) is 11.1. The van der Waals surface area contributed by atoms with Crippen molar-refractivity contribution in [1.82, 2.24) is 25.1 Å². The number of carbonyl (C=O) groups excluding carboxylic acids is 1. The Morgan fingerprint density at radius 3 is 2.65 bits per heavy atom. The van der Waals surface area contributed by atoms with Crippen LogP contribution in [0.2, 0.25) is 0 Å². The average Bonchev–Trinajstić information content (AvgIpc) is 3.11. The number of carbonyl (C=O) groups is 1. The van der Waals surface area contributed by atoms with E-state index in [1.807, 2.05) is 43.3 Å². The molecule has 0 saturated carbocycles. The van der Waals surface area contributed by atoms with Gasteiger partial charge >= 0.3 is 0 Å². The van der Waals surface area contributed by atoms with Crippen molar-refractivity contribution in [3.63, 3.8) is 0 Å². The lowest BCUT2D eigenvalue weighted by Crippen LogP contribution is -2.26. The zero-order chi connectivity index (χ0) is 16.2. The number of tetrazole rings is 1. The molecule has 3 rings (SSSR count). The van der Waals surface area contributed by atoms with Gasteiger partial charge in [-0.25, -0.2) is 4.68 Å². The fraction of sp³-hybridized carbons (Fsp3) is 0.176. The van der Waals surface area contributed by atoms with Gasteiger partial charge in [0, 0.05) is 19.2 Å². The molecule has 0 atom stereocenters. The highest BCUT2D eigenvalue weighted by atomic mass is 16.2. The lowest BCUT2D eigenvalue weighted by Gasteiger charge is -2.18. The summed E-state index contributed by atoms with van der Waals surface area (Å²) in [5.41, 5.74) is 3.66. The van der Waals surface area contributed by atoms with Crippen LogP contribution in [0.3, 0.4) is 0 Å². The monoisotopic (exact) mass is 307 g/mol. The predicted octanol–water partition coefficient (Wildman–Crippen LogP) is 2.24. The van der Waals surface area contributed by atoms with Crippen LogP contribution in [0.1, 0.15) is 21.5 Å². The Hall–Kier alpha value is -3.02. The van der Waals surface area contributed by atoms with E-state index in [1.165, 1.54) is 16.6 Å². The van der Waals surface area contributed by atoms with Crippen molar-refractivity contribution in [3.8, 4) is 5.69 Å². The zero-order valence-corrected chi connectivity index (χ0v) is 13.0. The van der Waals surface area contributed by atoms with Crippen molar-refractivity contribution >= 4 is 5.91 Å². The molecule has 23 heavy (non-hydrogen) atoms. The van der Waals surface area contributed by atoms with Gasteiger partial charge in [-0.05, 0) is 41.1 Å². The standard InChI is InChI=1S/C17H17N5O/c1-13-6-8-14(9-7-13)11-21(2)17(23)15-4-3-5-16(10-15)22-12-18-19-20-22/h3-10,12H,11H2,1-2H3. The van der Waals surface area contributed by atoms with Crippen LogP contribution in [-0.4, -0.2) is 38.1 Å². The molecule has 1 amide bonds. The highest BCUT2D eigenvalue weighted by Crippen LogP contribution is 2.13. The number of amides is 1. The van der Waals surface area contributed by atoms with Gasteiger partial charge in [0.05, 0.1) is 5.69 Å². The normalized spacial score (nSPS) is 10.5. The number of aryl methyl sites for hydroxylation is 1. The van der Waals surface area contributed by atoms with Crippen molar-refractivity contribution in [2.24, 2.45) is 0 Å². The molecular formula is C17H17N5O. The Morgan fingerprint density at radius 2 is 1.96 bits per heavy atom. The number of nitrogens with zero attached hydrogens (tertiary/aromatic N) is 5. The molecule has 1 aromatic heterocycles. The lowest BCUT2D eigenvalue weighted by molar-refractivity contribution is 0.0785. The van der Waals surface area contributed by atoms with Crippen LogP contribution in [-0.2, 0) is 6.54 Å². The molecule has 0 aliphatic heterocycles. The second-order valence-electron chi connectivity index (χ2n) is 5.45. The third-order valence-corrected chi connectivity index (χ3v) is 3.59. The molecule has 0 saturated heterocycles. The smallest absolute Gasteiger partial charge is 0.253 e. The maximum absolute atomic E-state index is 12.6. The minimum absolute atomic E-state index is 0.0412. The molecule has 0 aliphatic carbocycles. The zero-order valence-electron chi connectivity index (χ0n) is 13.0. The van der Waals surface area contributed by atoms with E-state index < -0.39 is 0 Å². The summed E-state index contributed by atoms with van der Waals surface area (Å²) in [5.74, 6) is -0.0412. The van der Waals surface area contributed by atoms with Crippen LogP contribution in [0.15, 0.2) is 54.9 Å². The first-order valence-electron chi connectivity index (χ1n) is 7.28. The van der Waals surface area contributed by atoms with E-state index in [9.17, 15) is 4.79 Å². The first-order valence-corrected chi connectivity index (χ1v) is 7.28. The number of hydrogen-bond acceptors (Lipinski definition) is 4. The van der Waals surface area contributed by atoms with Gasteiger partial charge in [-0.2, -0.15) is 0 Å². The maximum atomic E-state index is 12.6. The van der Waals surface area contributed by atoms with Gasteiger partial charge < -0.3 is 4.90 Å². The van der Waals surface area contributed by atoms with Crippen molar-refractivity contribution in [2.45, 2.75) is 13.5 Å². The molecule has 0 bridgehead atoms. The fourth-order valence-electron chi connectivity index (χ4n) is 2.32. The van der Waals surface area contributed by atoms with Gasteiger partial charge in [0.1, 0.15) is 6.33 Å². The van der Waals surface area contributed by atoms with Gasteiger partial charge in [0.25, 0.3) is 5.91 Å². The molecule has 6 nitrogen and oxygen atoms in total. The summed E-state index contributed by atoms with van der Waals surface area (Å²) in [4.78, 5) is 14.3. The molecule has 3 aromatic rings. The number of benzene rings is 2. The first-order chi connectivity index (χ1) is 11.1. The third kappa shape index (κ3) is 3.42. The van der Waals surface area contributed by atoms with Crippen LogP contribution in [0.25, 0.3) is 5.69 Å². The van der Waals surface area contributed by atoms with Gasteiger partial charge in [-0.3, -0.25) is 4.79 Å². The number of aromatic nitrogens is 4. The largest absolute Gasteiger partial charge is 0.337 e. The van der Waals surface area contributed by atoms with Crippen molar-refractivity contribution < 1.29 is 4.79 Å². The molecular weight excluding hydrogens is 290 g/mol. The fourth-order valence-corrected chi connectivity index (χ4v) is 2.32. The van der Waals surface area contributed by atoms with E-state index in [0.717, 1.165) is 11.3 Å². The van der Waals surface area contributed by atoms with Crippen molar-refractivity contribution in [3.05, 3.63) is 71.5 Å². The quantitative estimate of drug-likeness (QED) is 0.741. The second-order valence-corrected chi connectivity index (χ2v) is 5.45. The summed E-state index contributed by atoms with van der Waals surface area (Å²) in [6.45, 7) is 2.61. The number of rotatable bonds is 4.